The van der Waals surface area contributed by atoms with Crippen molar-refractivity contribution in [3.05, 3.63) is 64.2 Å². The third-order valence-corrected chi connectivity index (χ3v) is 3.88. The Morgan fingerprint density at radius 1 is 1.14 bits per heavy atom. The van der Waals surface area contributed by atoms with Crippen molar-refractivity contribution in [2.24, 2.45) is 5.84 Å². The van der Waals surface area contributed by atoms with Gasteiger partial charge in [0.25, 0.3) is 0 Å². The average molecular weight is 305 g/mol. The number of halogens is 1. The third kappa shape index (κ3) is 3.97. The lowest BCUT2D eigenvalue weighted by Gasteiger charge is -2.19. The lowest BCUT2D eigenvalue weighted by Crippen LogP contribution is -2.29. The summed E-state index contributed by atoms with van der Waals surface area (Å²) in [5, 5.41) is 0.652. The van der Waals surface area contributed by atoms with Gasteiger partial charge in [0.2, 0.25) is 0 Å². The summed E-state index contributed by atoms with van der Waals surface area (Å²) < 4.78 is 5.40. The number of hydrogen-bond acceptors (Lipinski definition) is 3. The SMILES string of the molecule is CCc1ccc(CC(NN)c2ccc(Cl)cc2OC)cc1. The van der Waals surface area contributed by atoms with Crippen LogP contribution in [0.3, 0.4) is 0 Å². The first kappa shape index (κ1) is 15.8. The molecule has 2 aromatic rings. The van der Waals surface area contributed by atoms with E-state index in [2.05, 4.69) is 36.6 Å². The molecule has 0 saturated carbocycles. The third-order valence-electron chi connectivity index (χ3n) is 3.64. The molecule has 3 N–H and O–H groups in total. The molecule has 2 aromatic carbocycles. The van der Waals surface area contributed by atoms with Gasteiger partial charge in [0.15, 0.2) is 0 Å². The summed E-state index contributed by atoms with van der Waals surface area (Å²) in [5.74, 6) is 6.48. The van der Waals surface area contributed by atoms with E-state index in [-0.39, 0.29) is 6.04 Å². The zero-order chi connectivity index (χ0) is 15.2. The molecule has 0 spiro atoms. The smallest absolute Gasteiger partial charge is 0.125 e. The van der Waals surface area contributed by atoms with Crippen LogP contribution in [0.2, 0.25) is 5.02 Å². The van der Waals surface area contributed by atoms with Crippen LogP contribution in [-0.2, 0) is 12.8 Å². The van der Waals surface area contributed by atoms with Gasteiger partial charge in [-0.3, -0.25) is 11.3 Å². The molecule has 0 aliphatic heterocycles. The first-order chi connectivity index (χ1) is 10.2. The Balaban J connectivity index is 2.22. The number of ether oxygens (including phenoxy) is 1. The molecule has 21 heavy (non-hydrogen) atoms. The van der Waals surface area contributed by atoms with E-state index in [0.717, 1.165) is 24.2 Å². The maximum atomic E-state index is 6.01. The van der Waals surface area contributed by atoms with Gasteiger partial charge in [-0.2, -0.15) is 0 Å². The molecule has 0 radical (unpaired) electrons. The van der Waals surface area contributed by atoms with Gasteiger partial charge in [0.05, 0.1) is 13.2 Å². The standard InChI is InChI=1S/C17H21ClN2O/c1-3-12-4-6-13(7-5-12)10-16(20-19)15-9-8-14(18)11-17(15)21-2/h4-9,11,16,20H,3,10,19H2,1-2H3. The fourth-order valence-electron chi connectivity index (χ4n) is 2.38. The molecule has 3 nitrogen and oxygen atoms in total. The Bertz CT molecular complexity index is 584. The van der Waals surface area contributed by atoms with Crippen molar-refractivity contribution < 1.29 is 4.74 Å². The number of rotatable bonds is 6. The lowest BCUT2D eigenvalue weighted by molar-refractivity contribution is 0.399. The maximum absolute atomic E-state index is 6.01. The van der Waals surface area contributed by atoms with E-state index in [4.69, 9.17) is 22.2 Å². The lowest BCUT2D eigenvalue weighted by atomic mass is 9.97. The van der Waals surface area contributed by atoms with Crippen LogP contribution < -0.4 is 16.0 Å². The molecule has 2 rings (SSSR count). The quantitative estimate of drug-likeness (QED) is 0.632. The van der Waals surface area contributed by atoms with Gasteiger partial charge in [-0.25, -0.2) is 0 Å². The predicted octanol–water partition coefficient (Wildman–Crippen LogP) is 3.66. The molecule has 1 atom stereocenters. The van der Waals surface area contributed by atoms with E-state index in [1.165, 1.54) is 11.1 Å². The number of nitrogens with one attached hydrogen (secondary N) is 1. The minimum atomic E-state index is -0.0234. The van der Waals surface area contributed by atoms with Gasteiger partial charge in [0.1, 0.15) is 5.75 Å². The number of benzene rings is 2. The summed E-state index contributed by atoms with van der Waals surface area (Å²) in [5.41, 5.74) is 6.43. The van der Waals surface area contributed by atoms with Crippen molar-refractivity contribution in [3.8, 4) is 5.75 Å². The first-order valence-corrected chi connectivity index (χ1v) is 7.43. The van der Waals surface area contributed by atoms with E-state index in [1.54, 1.807) is 13.2 Å². The summed E-state index contributed by atoms with van der Waals surface area (Å²) in [6.07, 6.45) is 1.84. The van der Waals surface area contributed by atoms with E-state index in [1.807, 2.05) is 12.1 Å². The van der Waals surface area contributed by atoms with Gasteiger partial charge < -0.3 is 4.74 Å². The minimum Gasteiger partial charge on any atom is -0.496 e. The van der Waals surface area contributed by atoms with Crippen molar-refractivity contribution in [2.45, 2.75) is 25.8 Å². The molecule has 112 valence electrons. The van der Waals surface area contributed by atoms with Crippen LogP contribution in [-0.4, -0.2) is 7.11 Å². The molecule has 4 heteroatoms. The zero-order valence-electron chi connectivity index (χ0n) is 12.4. The van der Waals surface area contributed by atoms with Crippen molar-refractivity contribution in [2.75, 3.05) is 7.11 Å². The monoisotopic (exact) mass is 304 g/mol. The van der Waals surface area contributed by atoms with Crippen molar-refractivity contribution >= 4 is 11.6 Å². The summed E-state index contributed by atoms with van der Waals surface area (Å²) in [6.45, 7) is 2.15. The molecule has 0 amide bonds. The van der Waals surface area contributed by atoms with E-state index in [0.29, 0.717) is 5.02 Å². The highest BCUT2D eigenvalue weighted by Gasteiger charge is 2.15. The van der Waals surface area contributed by atoms with Crippen LogP contribution >= 0.6 is 11.6 Å². The predicted molar refractivity (Wildman–Crippen MR) is 87.6 cm³/mol. The molecule has 0 saturated heterocycles. The second-order valence-electron chi connectivity index (χ2n) is 4.98. The Morgan fingerprint density at radius 2 is 1.81 bits per heavy atom. The number of hydrazine groups is 1. The normalized spacial score (nSPS) is 12.2. The summed E-state index contributed by atoms with van der Waals surface area (Å²) >= 11 is 6.01. The molecular weight excluding hydrogens is 284 g/mol. The average Bonchev–Trinajstić information content (AvgIpc) is 2.53. The molecule has 0 aliphatic rings. The van der Waals surface area contributed by atoms with Crippen LogP contribution in [0.25, 0.3) is 0 Å². The summed E-state index contributed by atoms with van der Waals surface area (Å²) in [4.78, 5) is 0. The van der Waals surface area contributed by atoms with Crippen LogP contribution in [0.5, 0.6) is 5.75 Å². The highest BCUT2D eigenvalue weighted by Crippen LogP contribution is 2.30. The molecule has 0 aromatic heterocycles. The Hall–Kier alpha value is -1.55. The number of aryl methyl sites for hydroxylation is 1. The second-order valence-corrected chi connectivity index (χ2v) is 5.42. The van der Waals surface area contributed by atoms with E-state index in [9.17, 15) is 0 Å². The number of hydrogen-bond donors (Lipinski definition) is 2. The van der Waals surface area contributed by atoms with E-state index < -0.39 is 0 Å². The second kappa shape index (κ2) is 7.46. The fraction of sp³-hybridized carbons (Fsp3) is 0.294. The van der Waals surface area contributed by atoms with Crippen LogP contribution in [0.1, 0.15) is 29.7 Å². The number of methoxy groups -OCH3 is 1. The zero-order valence-corrected chi connectivity index (χ0v) is 13.2. The molecule has 0 fully saturated rings. The van der Waals surface area contributed by atoms with Gasteiger partial charge in [-0.1, -0.05) is 48.9 Å². The van der Waals surface area contributed by atoms with Crippen LogP contribution in [0, 0.1) is 0 Å². The van der Waals surface area contributed by atoms with Crippen molar-refractivity contribution in [3.63, 3.8) is 0 Å². The summed E-state index contributed by atoms with van der Waals surface area (Å²) in [7, 11) is 1.64. The molecule has 0 bridgehead atoms. The van der Waals surface area contributed by atoms with Crippen LogP contribution in [0.4, 0.5) is 0 Å². The van der Waals surface area contributed by atoms with Gasteiger partial charge in [0, 0.05) is 10.6 Å². The molecule has 0 heterocycles. The van der Waals surface area contributed by atoms with E-state index >= 15 is 0 Å². The van der Waals surface area contributed by atoms with Gasteiger partial charge in [-0.15, -0.1) is 0 Å². The minimum absolute atomic E-state index is 0.0234. The Labute approximate surface area is 131 Å². The first-order valence-electron chi connectivity index (χ1n) is 7.05. The van der Waals surface area contributed by atoms with Gasteiger partial charge in [-0.05, 0) is 36.1 Å². The Kier molecular flexibility index (Phi) is 5.62. The van der Waals surface area contributed by atoms with Gasteiger partial charge >= 0.3 is 0 Å². The van der Waals surface area contributed by atoms with Crippen LogP contribution in [0.15, 0.2) is 42.5 Å². The van der Waals surface area contributed by atoms with Crippen molar-refractivity contribution in [1.82, 2.24) is 5.43 Å². The molecule has 1 unspecified atom stereocenters. The largest absolute Gasteiger partial charge is 0.496 e. The number of nitrogens with two attached hydrogens (primary N) is 1. The highest BCUT2D eigenvalue weighted by molar-refractivity contribution is 6.30. The molecular formula is C17H21ClN2O. The molecule has 0 aliphatic carbocycles. The maximum Gasteiger partial charge on any atom is 0.125 e. The van der Waals surface area contributed by atoms with Crippen molar-refractivity contribution in [1.29, 1.82) is 0 Å². The highest BCUT2D eigenvalue weighted by atomic mass is 35.5. The fourth-order valence-corrected chi connectivity index (χ4v) is 2.54. The summed E-state index contributed by atoms with van der Waals surface area (Å²) in [6, 6.07) is 14.2. The topological polar surface area (TPSA) is 47.3 Å². The Morgan fingerprint density at radius 3 is 2.38 bits per heavy atom.